The van der Waals surface area contributed by atoms with Crippen molar-refractivity contribution in [1.29, 1.82) is 0 Å². The molecule has 0 radical (unpaired) electrons. The highest BCUT2D eigenvalue weighted by Crippen LogP contribution is 2.42. The van der Waals surface area contributed by atoms with E-state index >= 15 is 0 Å². The maximum atomic E-state index is 13.6. The van der Waals surface area contributed by atoms with E-state index in [0.717, 1.165) is 29.3 Å². The number of benzene rings is 1. The zero-order chi connectivity index (χ0) is 29.9. The maximum absolute atomic E-state index is 13.6. The lowest BCUT2D eigenvalue weighted by Gasteiger charge is -2.39. The van der Waals surface area contributed by atoms with Gasteiger partial charge in [-0.3, -0.25) is 4.79 Å². The van der Waals surface area contributed by atoms with E-state index in [9.17, 15) is 19.5 Å². The Kier molecular flexibility index (Phi) is 7.09. The van der Waals surface area contributed by atoms with Crippen LogP contribution in [0.1, 0.15) is 63.8 Å². The number of carbonyl (C=O) groups is 3. The number of piperidine rings is 2. The van der Waals surface area contributed by atoms with Gasteiger partial charge in [-0.1, -0.05) is 20.3 Å². The Hall–Kier alpha value is -3.63. The normalized spacial score (nSPS) is 26.2. The molecule has 1 aliphatic carbocycles. The molecule has 0 saturated carbocycles. The second kappa shape index (κ2) is 10.8. The number of hydrogen-bond acceptors (Lipinski definition) is 8. The Morgan fingerprint density at radius 2 is 1.91 bits per heavy atom. The average Bonchev–Trinajstić information content (AvgIpc) is 3.40. The number of hydrogen-bond donors (Lipinski definition) is 1. The van der Waals surface area contributed by atoms with Crippen LogP contribution in [0.15, 0.2) is 35.6 Å². The number of likely N-dealkylation sites (tertiary alicyclic amines) is 2. The number of Topliss-reactive ketones (excluding diaryl/α,β-unsaturated/α-hetero) is 1. The van der Waals surface area contributed by atoms with Crippen LogP contribution in [0.25, 0.3) is 16.5 Å². The number of ether oxygens (including phenoxy) is 2. The third-order valence-corrected chi connectivity index (χ3v) is 10.1. The number of rotatable bonds is 4. The van der Waals surface area contributed by atoms with Gasteiger partial charge in [-0.05, 0) is 74.8 Å². The molecule has 5 heterocycles. The summed E-state index contributed by atoms with van der Waals surface area (Å²) in [5.41, 5.74) is 1.17. The summed E-state index contributed by atoms with van der Waals surface area (Å²) in [4.78, 5) is 48.6. The second-order valence-electron chi connectivity index (χ2n) is 12.4. The fourth-order valence-electron chi connectivity index (χ4n) is 7.60. The summed E-state index contributed by atoms with van der Waals surface area (Å²) in [5, 5.41) is 12.0. The first kappa shape index (κ1) is 28.2. The van der Waals surface area contributed by atoms with Gasteiger partial charge in [0.1, 0.15) is 25.1 Å². The van der Waals surface area contributed by atoms with Crippen LogP contribution in [0.2, 0.25) is 0 Å². The molecule has 5 aliphatic rings. The molecule has 2 unspecified atom stereocenters. The molecule has 0 spiro atoms. The quantitative estimate of drug-likeness (QED) is 0.429. The molecular weight excluding hydrogens is 548 g/mol. The van der Waals surface area contributed by atoms with E-state index < -0.39 is 17.5 Å². The van der Waals surface area contributed by atoms with E-state index in [-0.39, 0.29) is 24.9 Å². The van der Waals surface area contributed by atoms with E-state index in [2.05, 4.69) is 4.90 Å². The molecule has 10 nitrogen and oxygen atoms in total. The molecule has 2 fully saturated rings. The topological polar surface area (TPSA) is 113 Å². The Labute approximate surface area is 251 Å². The highest BCUT2D eigenvalue weighted by atomic mass is 16.6. The summed E-state index contributed by atoms with van der Waals surface area (Å²) < 4.78 is 13.2. The van der Waals surface area contributed by atoms with Crippen LogP contribution in [-0.4, -0.2) is 82.2 Å². The monoisotopic (exact) mass is 587 g/mol. The van der Waals surface area contributed by atoms with Gasteiger partial charge in [0, 0.05) is 35.8 Å². The van der Waals surface area contributed by atoms with Gasteiger partial charge in [0.15, 0.2) is 16.9 Å². The fraction of sp³-hybridized carbons (Fsp3) is 0.545. The number of amides is 1. The number of cyclic esters (lactones) is 1. The van der Waals surface area contributed by atoms with Crippen LogP contribution in [0.5, 0.6) is 5.75 Å². The third-order valence-electron chi connectivity index (χ3n) is 10.1. The smallest absolute Gasteiger partial charge is 0.415 e. The van der Waals surface area contributed by atoms with Crippen molar-refractivity contribution < 1.29 is 33.5 Å². The van der Waals surface area contributed by atoms with Crippen molar-refractivity contribution in [3.05, 3.63) is 46.9 Å². The van der Waals surface area contributed by atoms with Crippen LogP contribution in [0.4, 0.5) is 4.79 Å². The van der Waals surface area contributed by atoms with Gasteiger partial charge >= 0.3 is 17.9 Å². The molecule has 0 bridgehead atoms. The van der Waals surface area contributed by atoms with Gasteiger partial charge < -0.3 is 24.4 Å². The number of carbonyl (C=O) groups excluding carboxylic acids is 3. The van der Waals surface area contributed by atoms with E-state index in [0.29, 0.717) is 60.4 Å². The summed E-state index contributed by atoms with van der Waals surface area (Å²) in [6, 6.07) is 4.21. The molecule has 4 aliphatic heterocycles. The van der Waals surface area contributed by atoms with Crippen molar-refractivity contribution in [2.75, 3.05) is 32.8 Å². The van der Waals surface area contributed by atoms with Crippen LogP contribution in [-0.2, 0) is 27.3 Å². The number of nitrogens with zero attached hydrogens (tertiary/aromatic N) is 4. The summed E-state index contributed by atoms with van der Waals surface area (Å²) in [6.07, 6.45) is 10.0. The lowest BCUT2D eigenvalue weighted by Crippen LogP contribution is -2.48. The van der Waals surface area contributed by atoms with Gasteiger partial charge in [-0.15, -0.1) is 0 Å². The molecule has 1 aromatic heterocycles. The van der Waals surface area contributed by atoms with Crippen molar-refractivity contribution in [3.63, 3.8) is 0 Å². The number of aromatic nitrogens is 2. The number of aryl methyl sites for hydroxylation is 1. The van der Waals surface area contributed by atoms with Gasteiger partial charge in [0.2, 0.25) is 0 Å². The number of fused-ring (bicyclic) bond motifs is 4. The predicted molar refractivity (Wildman–Crippen MR) is 157 cm³/mol. The first-order valence-electron chi connectivity index (χ1n) is 15.8. The van der Waals surface area contributed by atoms with Gasteiger partial charge in [-0.25, -0.2) is 14.2 Å². The molecule has 1 aromatic carbocycles. The largest absolute Gasteiger partial charge is 0.458 e. The maximum Gasteiger partial charge on any atom is 0.415 e. The Balaban J connectivity index is 1.14. The molecule has 2 aromatic rings. The van der Waals surface area contributed by atoms with Crippen molar-refractivity contribution >= 4 is 34.3 Å². The standard InChI is InChI=1S/C33H39N4O6/c1-3-21-23-17-37-18-24-22(16-26-25(29(24)38)19-42-31(39)33(26,41)4-2)30(37)34-27(23)8-9-28(21)43-32(40)36-14-10-20(11-15-36)35-12-6-5-7-13-35/h8-9,16-17,20,24,41H,3-7,10-15,18-19H2,1-2H3/q+1. The zero-order valence-electron chi connectivity index (χ0n) is 24.9. The van der Waals surface area contributed by atoms with Crippen molar-refractivity contribution in [2.45, 2.75) is 77.0 Å². The minimum Gasteiger partial charge on any atom is -0.458 e. The van der Waals surface area contributed by atoms with Gasteiger partial charge in [0.05, 0.1) is 16.9 Å². The third kappa shape index (κ3) is 4.57. The lowest BCUT2D eigenvalue weighted by molar-refractivity contribution is -0.693. The molecule has 1 N–H and O–H groups in total. The first-order chi connectivity index (χ1) is 20.8. The fourth-order valence-corrected chi connectivity index (χ4v) is 7.60. The average molecular weight is 588 g/mol. The summed E-state index contributed by atoms with van der Waals surface area (Å²) in [6.45, 7) is 7.74. The number of aliphatic hydroxyl groups is 1. The molecule has 10 heteroatoms. The Morgan fingerprint density at radius 3 is 2.63 bits per heavy atom. The molecule has 43 heavy (non-hydrogen) atoms. The van der Waals surface area contributed by atoms with Crippen LogP contribution >= 0.6 is 0 Å². The summed E-state index contributed by atoms with van der Waals surface area (Å²) in [5.74, 6) is -0.160. The minimum absolute atomic E-state index is 0.107. The van der Waals surface area contributed by atoms with Gasteiger partial charge in [-0.2, -0.15) is 0 Å². The number of ketones is 1. The molecule has 1 amide bonds. The van der Waals surface area contributed by atoms with E-state index in [1.165, 1.54) is 32.4 Å². The van der Waals surface area contributed by atoms with Crippen LogP contribution < -0.4 is 9.30 Å². The molecule has 7 rings (SSSR count). The zero-order valence-corrected chi connectivity index (χ0v) is 24.9. The van der Waals surface area contributed by atoms with Gasteiger partial charge in [0.25, 0.3) is 0 Å². The van der Waals surface area contributed by atoms with E-state index in [1.807, 2.05) is 34.7 Å². The van der Waals surface area contributed by atoms with Crippen molar-refractivity contribution in [2.24, 2.45) is 5.92 Å². The highest BCUT2D eigenvalue weighted by Gasteiger charge is 2.52. The molecule has 2 saturated heterocycles. The summed E-state index contributed by atoms with van der Waals surface area (Å²) in [7, 11) is 0. The predicted octanol–water partition coefficient (Wildman–Crippen LogP) is 3.12. The lowest BCUT2D eigenvalue weighted by atomic mass is 9.75. The van der Waals surface area contributed by atoms with E-state index in [1.54, 1.807) is 13.0 Å². The first-order valence-corrected chi connectivity index (χ1v) is 15.8. The molecule has 226 valence electrons. The van der Waals surface area contributed by atoms with Crippen LogP contribution in [0, 0.1) is 5.92 Å². The minimum atomic E-state index is -1.84. The summed E-state index contributed by atoms with van der Waals surface area (Å²) >= 11 is 0. The SMILES string of the molecule is CCc1c(OC(=O)N2CCC(N3CCCCC3)CC2)ccc2nc3[n+](cc12)CC1C(=O)C2=C(C=C31)C(O)(CC)C(=O)OC2. The number of esters is 1. The second-order valence-corrected chi connectivity index (χ2v) is 12.4. The Morgan fingerprint density at radius 1 is 1.14 bits per heavy atom. The van der Waals surface area contributed by atoms with Crippen molar-refractivity contribution in [1.82, 2.24) is 14.8 Å². The highest BCUT2D eigenvalue weighted by molar-refractivity contribution is 6.10. The Bertz CT molecular complexity index is 1580. The molecular formula is C33H39N4O6+. The van der Waals surface area contributed by atoms with Crippen molar-refractivity contribution in [3.8, 4) is 5.75 Å². The van der Waals surface area contributed by atoms with Crippen LogP contribution in [0.3, 0.4) is 0 Å². The number of allylic oxidation sites excluding steroid dienone is 1. The molecule has 2 atom stereocenters. The van der Waals surface area contributed by atoms with E-state index in [4.69, 9.17) is 14.5 Å².